The molecule has 1 aromatic carbocycles. The van der Waals surface area contributed by atoms with Gasteiger partial charge in [0.05, 0.1) is 5.00 Å². The fourth-order valence-corrected chi connectivity index (χ4v) is 4.76. The first-order valence-corrected chi connectivity index (χ1v) is 9.35. The molecule has 0 amide bonds. The second-order valence-corrected chi connectivity index (χ2v) is 7.44. The summed E-state index contributed by atoms with van der Waals surface area (Å²) in [7, 11) is 0. The number of nitrogens with zero attached hydrogens (tertiary/aromatic N) is 1. The van der Waals surface area contributed by atoms with Crippen LogP contribution in [0.15, 0.2) is 29.6 Å². The summed E-state index contributed by atoms with van der Waals surface area (Å²) >= 11 is 7.59. The van der Waals surface area contributed by atoms with E-state index >= 15 is 0 Å². The van der Waals surface area contributed by atoms with Gasteiger partial charge in [-0.15, -0.1) is 11.3 Å². The molecule has 5 rings (SSSR count). The molecule has 4 nitrogen and oxygen atoms in total. The number of esters is 1. The molecule has 126 valence electrons. The van der Waals surface area contributed by atoms with E-state index in [1.54, 1.807) is 35.6 Å². The predicted octanol–water partition coefficient (Wildman–Crippen LogP) is 4.22. The number of anilines is 1. The van der Waals surface area contributed by atoms with Gasteiger partial charge in [-0.05, 0) is 54.0 Å². The van der Waals surface area contributed by atoms with Crippen LogP contribution in [0.4, 0.5) is 5.00 Å². The van der Waals surface area contributed by atoms with Crippen molar-refractivity contribution in [2.75, 3.05) is 24.6 Å². The molecule has 0 N–H and O–H groups in total. The lowest BCUT2D eigenvalue weighted by Crippen LogP contribution is -2.38. The van der Waals surface area contributed by atoms with Crippen molar-refractivity contribution in [2.24, 2.45) is 0 Å². The van der Waals surface area contributed by atoms with E-state index in [0.717, 1.165) is 18.7 Å². The summed E-state index contributed by atoms with van der Waals surface area (Å²) in [5.74, 6) is 0.885. The second kappa shape index (κ2) is 6.65. The van der Waals surface area contributed by atoms with Gasteiger partial charge in [0.15, 0.2) is 6.61 Å². The Kier molecular flexibility index (Phi) is 4.37. The van der Waals surface area contributed by atoms with Crippen molar-refractivity contribution in [3.63, 3.8) is 0 Å². The average molecular weight is 364 g/mol. The van der Waals surface area contributed by atoms with Gasteiger partial charge in [0.25, 0.3) is 0 Å². The smallest absolute Gasteiger partial charge is 0.344 e. The van der Waals surface area contributed by atoms with E-state index in [1.165, 1.54) is 23.4 Å². The summed E-state index contributed by atoms with van der Waals surface area (Å²) in [4.78, 5) is 14.4. The van der Waals surface area contributed by atoms with Crippen molar-refractivity contribution in [3.05, 3.63) is 45.8 Å². The summed E-state index contributed by atoms with van der Waals surface area (Å²) in [5, 5.41) is 4.15. The highest BCUT2D eigenvalue weighted by Gasteiger charge is 2.34. The van der Waals surface area contributed by atoms with Crippen LogP contribution in [-0.2, 0) is 16.1 Å². The molecule has 1 aromatic heterocycles. The minimum Gasteiger partial charge on any atom is -0.482 e. The van der Waals surface area contributed by atoms with E-state index in [4.69, 9.17) is 21.1 Å². The number of carbonyl (C=O) groups excluding carboxylic acids is 1. The molecule has 0 atom stereocenters. The average Bonchev–Trinajstić information content (AvgIpc) is 3.07. The van der Waals surface area contributed by atoms with Gasteiger partial charge >= 0.3 is 5.97 Å². The standard InChI is InChI=1S/C18H18ClNO3S/c19-14-1-3-15(4-2-14)22-10-16(21)23-9-13-11-24-18-17(13)12-5-7-20(18)8-6-12/h1-4,11-12H,5-10H2. The zero-order chi connectivity index (χ0) is 16.5. The molecule has 2 bridgehead atoms. The molecule has 0 unspecified atom stereocenters. The number of rotatable bonds is 5. The van der Waals surface area contributed by atoms with Crippen LogP contribution in [0.3, 0.4) is 0 Å². The van der Waals surface area contributed by atoms with Gasteiger partial charge in [0.1, 0.15) is 12.4 Å². The number of carbonyl (C=O) groups is 1. The lowest BCUT2D eigenvalue weighted by Gasteiger charge is -2.40. The zero-order valence-electron chi connectivity index (χ0n) is 13.2. The Bertz CT molecular complexity index is 735. The summed E-state index contributed by atoms with van der Waals surface area (Å²) < 4.78 is 10.8. The van der Waals surface area contributed by atoms with E-state index in [2.05, 4.69) is 10.3 Å². The molecule has 1 fully saturated rings. The number of fused-ring (bicyclic) bond motifs is 2. The van der Waals surface area contributed by atoms with E-state index in [-0.39, 0.29) is 12.6 Å². The lowest BCUT2D eigenvalue weighted by atomic mass is 9.84. The largest absolute Gasteiger partial charge is 0.482 e. The minimum atomic E-state index is -0.355. The van der Waals surface area contributed by atoms with Gasteiger partial charge in [0, 0.05) is 23.7 Å². The third kappa shape index (κ3) is 3.10. The van der Waals surface area contributed by atoms with Gasteiger partial charge in [-0.3, -0.25) is 0 Å². The lowest BCUT2D eigenvalue weighted by molar-refractivity contribution is -0.147. The van der Waals surface area contributed by atoms with Crippen molar-refractivity contribution < 1.29 is 14.3 Å². The Morgan fingerprint density at radius 3 is 2.75 bits per heavy atom. The number of hydrogen-bond donors (Lipinski definition) is 0. The van der Waals surface area contributed by atoms with Gasteiger partial charge < -0.3 is 14.4 Å². The van der Waals surface area contributed by atoms with Crippen molar-refractivity contribution in [1.29, 1.82) is 0 Å². The molecule has 4 heterocycles. The van der Waals surface area contributed by atoms with E-state index in [0.29, 0.717) is 23.3 Å². The van der Waals surface area contributed by atoms with Crippen molar-refractivity contribution in [1.82, 2.24) is 0 Å². The Labute approximate surface area is 149 Å². The van der Waals surface area contributed by atoms with Crippen LogP contribution in [-0.4, -0.2) is 25.7 Å². The number of benzene rings is 1. The van der Waals surface area contributed by atoms with E-state index in [1.807, 2.05) is 0 Å². The Morgan fingerprint density at radius 2 is 2.00 bits per heavy atom. The number of piperidine rings is 1. The third-order valence-corrected chi connectivity index (χ3v) is 5.99. The van der Waals surface area contributed by atoms with Gasteiger partial charge in [-0.1, -0.05) is 11.6 Å². The maximum atomic E-state index is 11.9. The molecule has 0 saturated carbocycles. The van der Waals surface area contributed by atoms with Crippen LogP contribution in [0.5, 0.6) is 5.75 Å². The monoisotopic (exact) mass is 363 g/mol. The Balaban J connectivity index is 1.33. The number of hydrogen-bond acceptors (Lipinski definition) is 5. The number of ether oxygens (including phenoxy) is 2. The van der Waals surface area contributed by atoms with Crippen molar-refractivity contribution >= 4 is 33.9 Å². The molecule has 3 aliphatic heterocycles. The fraction of sp³-hybridized carbons (Fsp3) is 0.389. The first-order chi connectivity index (χ1) is 11.7. The summed E-state index contributed by atoms with van der Waals surface area (Å²) in [5.41, 5.74) is 2.56. The molecule has 24 heavy (non-hydrogen) atoms. The topological polar surface area (TPSA) is 38.8 Å². The van der Waals surface area contributed by atoms with Crippen LogP contribution in [0.1, 0.15) is 29.9 Å². The first-order valence-electron chi connectivity index (χ1n) is 8.10. The van der Waals surface area contributed by atoms with Gasteiger partial charge in [0.2, 0.25) is 0 Å². The van der Waals surface area contributed by atoms with Crippen molar-refractivity contribution in [2.45, 2.75) is 25.4 Å². The van der Waals surface area contributed by atoms with Gasteiger partial charge in [-0.25, -0.2) is 4.79 Å². The van der Waals surface area contributed by atoms with Crippen molar-refractivity contribution in [3.8, 4) is 5.75 Å². The van der Waals surface area contributed by atoms with E-state index in [9.17, 15) is 4.79 Å². The SMILES string of the molecule is O=C(COc1ccc(Cl)cc1)OCc1csc2c1C1CCN2CC1. The Hall–Kier alpha value is -1.72. The Morgan fingerprint density at radius 1 is 1.25 bits per heavy atom. The third-order valence-electron chi connectivity index (χ3n) is 4.64. The number of halogens is 1. The highest BCUT2D eigenvalue weighted by atomic mass is 35.5. The number of thiophene rings is 1. The molecule has 0 aliphatic carbocycles. The molecule has 2 aromatic rings. The summed E-state index contributed by atoms with van der Waals surface area (Å²) in [6.45, 7) is 2.56. The highest BCUT2D eigenvalue weighted by Crippen LogP contribution is 2.47. The van der Waals surface area contributed by atoms with E-state index < -0.39 is 0 Å². The summed E-state index contributed by atoms with van der Waals surface area (Å²) in [6, 6.07) is 6.92. The summed E-state index contributed by atoms with van der Waals surface area (Å²) in [6.07, 6.45) is 2.43. The maximum absolute atomic E-state index is 11.9. The molecule has 1 saturated heterocycles. The molecule has 0 radical (unpaired) electrons. The highest BCUT2D eigenvalue weighted by molar-refractivity contribution is 7.14. The van der Waals surface area contributed by atoms with Crippen LogP contribution in [0.2, 0.25) is 5.02 Å². The zero-order valence-corrected chi connectivity index (χ0v) is 14.7. The van der Waals surface area contributed by atoms with Crippen LogP contribution < -0.4 is 9.64 Å². The predicted molar refractivity (Wildman–Crippen MR) is 95.3 cm³/mol. The maximum Gasteiger partial charge on any atom is 0.344 e. The molecule has 6 heteroatoms. The van der Waals surface area contributed by atoms with Crippen LogP contribution in [0.25, 0.3) is 0 Å². The quantitative estimate of drug-likeness (QED) is 0.745. The molecule has 0 spiro atoms. The molecule has 3 aliphatic rings. The first kappa shape index (κ1) is 15.8. The molecular formula is C18H18ClNO3S. The fourth-order valence-electron chi connectivity index (χ4n) is 3.43. The van der Waals surface area contributed by atoms with Crippen LogP contribution >= 0.6 is 22.9 Å². The van der Waals surface area contributed by atoms with Crippen LogP contribution in [0, 0.1) is 0 Å². The minimum absolute atomic E-state index is 0.0937. The normalized spacial score (nSPS) is 16.1. The molecular weight excluding hydrogens is 346 g/mol. The van der Waals surface area contributed by atoms with Gasteiger partial charge in [-0.2, -0.15) is 0 Å². The second-order valence-electron chi connectivity index (χ2n) is 6.14.